The van der Waals surface area contributed by atoms with E-state index in [1.165, 1.54) is 17.0 Å². The summed E-state index contributed by atoms with van der Waals surface area (Å²) in [6.07, 6.45) is 0. The summed E-state index contributed by atoms with van der Waals surface area (Å²) in [5, 5.41) is 11.2. The second-order valence-corrected chi connectivity index (χ2v) is 4.58. The van der Waals surface area contributed by atoms with Gasteiger partial charge in [-0.1, -0.05) is 6.07 Å². The van der Waals surface area contributed by atoms with E-state index in [1.54, 1.807) is 0 Å². The molecule has 1 saturated heterocycles. The number of urea groups is 1. The largest absolute Gasteiger partial charge is 0.395 e. The highest BCUT2D eigenvalue weighted by Crippen LogP contribution is 2.17. The molecule has 20 heavy (non-hydrogen) atoms. The minimum absolute atomic E-state index is 0.0840. The van der Waals surface area contributed by atoms with Crippen molar-refractivity contribution in [3.8, 4) is 0 Å². The molecule has 1 aromatic rings. The Bertz CT molecular complexity index is 477. The number of amides is 2. The van der Waals surface area contributed by atoms with Gasteiger partial charge in [-0.3, -0.25) is 4.90 Å². The SMILES string of the molecule is O=C(Nc1cccc(F)c1F)N1CCN(CCO)CC1. The van der Waals surface area contributed by atoms with Gasteiger partial charge >= 0.3 is 6.03 Å². The minimum atomic E-state index is -1.06. The molecular weight excluding hydrogens is 268 g/mol. The molecule has 2 amide bonds. The molecule has 7 heteroatoms. The standard InChI is InChI=1S/C13H17F2N3O2/c14-10-2-1-3-11(12(10)15)16-13(20)18-6-4-17(5-7-18)8-9-19/h1-3,19H,4-9H2,(H,16,20). The molecule has 0 aliphatic carbocycles. The second-order valence-electron chi connectivity index (χ2n) is 4.58. The Balaban J connectivity index is 1.91. The second kappa shape index (κ2) is 6.62. The summed E-state index contributed by atoms with van der Waals surface area (Å²) in [6.45, 7) is 2.94. The van der Waals surface area contributed by atoms with E-state index in [0.29, 0.717) is 32.7 Å². The van der Waals surface area contributed by atoms with Gasteiger partial charge in [-0.2, -0.15) is 0 Å². The lowest BCUT2D eigenvalue weighted by Crippen LogP contribution is -2.50. The third-order valence-electron chi connectivity index (χ3n) is 3.27. The average Bonchev–Trinajstić information content (AvgIpc) is 2.45. The highest BCUT2D eigenvalue weighted by atomic mass is 19.2. The van der Waals surface area contributed by atoms with Crippen LogP contribution in [0.25, 0.3) is 0 Å². The van der Waals surface area contributed by atoms with Gasteiger partial charge in [0.1, 0.15) is 0 Å². The Labute approximate surface area is 115 Å². The predicted octanol–water partition coefficient (Wildman–Crippen LogP) is 1.11. The van der Waals surface area contributed by atoms with E-state index in [-0.39, 0.29) is 12.3 Å². The van der Waals surface area contributed by atoms with E-state index in [4.69, 9.17) is 5.11 Å². The normalized spacial score (nSPS) is 16.2. The zero-order valence-electron chi connectivity index (χ0n) is 11.0. The number of β-amino-alcohol motifs (C(OH)–C–C–N with tert-alkyl or cyclic N) is 1. The first-order valence-electron chi connectivity index (χ1n) is 6.45. The van der Waals surface area contributed by atoms with Crippen molar-refractivity contribution in [3.63, 3.8) is 0 Å². The van der Waals surface area contributed by atoms with Gasteiger partial charge in [-0.15, -0.1) is 0 Å². The maximum Gasteiger partial charge on any atom is 0.322 e. The number of hydrogen-bond acceptors (Lipinski definition) is 3. The van der Waals surface area contributed by atoms with Crippen LogP contribution >= 0.6 is 0 Å². The molecule has 1 aliphatic rings. The van der Waals surface area contributed by atoms with Gasteiger partial charge in [-0.25, -0.2) is 13.6 Å². The summed E-state index contributed by atoms with van der Waals surface area (Å²) in [7, 11) is 0. The molecule has 1 aliphatic heterocycles. The Morgan fingerprint density at radius 2 is 1.95 bits per heavy atom. The summed E-state index contributed by atoms with van der Waals surface area (Å²) in [5.74, 6) is -2.05. The molecule has 2 rings (SSSR count). The van der Waals surface area contributed by atoms with Gasteiger partial charge in [0.05, 0.1) is 12.3 Å². The van der Waals surface area contributed by atoms with Gasteiger partial charge in [0.25, 0.3) is 0 Å². The maximum atomic E-state index is 13.4. The molecule has 1 heterocycles. The number of carbonyl (C=O) groups excluding carboxylic acids is 1. The van der Waals surface area contributed by atoms with Crippen molar-refractivity contribution < 1.29 is 18.7 Å². The Morgan fingerprint density at radius 3 is 2.60 bits per heavy atom. The van der Waals surface area contributed by atoms with Crippen LogP contribution in [0.5, 0.6) is 0 Å². The van der Waals surface area contributed by atoms with Crippen molar-refractivity contribution in [1.82, 2.24) is 9.80 Å². The van der Waals surface area contributed by atoms with Crippen molar-refractivity contribution in [1.29, 1.82) is 0 Å². The van der Waals surface area contributed by atoms with Crippen molar-refractivity contribution in [2.75, 3.05) is 44.6 Å². The summed E-state index contributed by atoms with van der Waals surface area (Å²) < 4.78 is 26.5. The fourth-order valence-corrected chi connectivity index (χ4v) is 2.11. The highest BCUT2D eigenvalue weighted by molar-refractivity contribution is 5.89. The van der Waals surface area contributed by atoms with Crippen LogP contribution < -0.4 is 5.32 Å². The molecule has 110 valence electrons. The number of nitrogens with one attached hydrogen (secondary N) is 1. The highest BCUT2D eigenvalue weighted by Gasteiger charge is 2.21. The molecule has 5 nitrogen and oxygen atoms in total. The van der Waals surface area contributed by atoms with E-state index >= 15 is 0 Å². The third kappa shape index (κ3) is 3.43. The Morgan fingerprint density at radius 1 is 1.25 bits per heavy atom. The Kier molecular flexibility index (Phi) is 4.86. The molecule has 0 radical (unpaired) electrons. The summed E-state index contributed by atoms with van der Waals surface area (Å²) in [6, 6.07) is 3.21. The molecule has 1 fully saturated rings. The van der Waals surface area contributed by atoms with Gasteiger partial charge in [0.2, 0.25) is 0 Å². The number of anilines is 1. The summed E-state index contributed by atoms with van der Waals surface area (Å²) in [5.41, 5.74) is -0.159. The summed E-state index contributed by atoms with van der Waals surface area (Å²) in [4.78, 5) is 15.5. The monoisotopic (exact) mass is 285 g/mol. The lowest BCUT2D eigenvalue weighted by atomic mass is 10.3. The number of rotatable bonds is 3. The van der Waals surface area contributed by atoms with E-state index in [1.807, 2.05) is 4.90 Å². The van der Waals surface area contributed by atoms with E-state index in [0.717, 1.165) is 6.07 Å². The van der Waals surface area contributed by atoms with Crippen LogP contribution in [0.2, 0.25) is 0 Å². The molecule has 0 saturated carbocycles. The minimum Gasteiger partial charge on any atom is -0.395 e. The molecule has 0 unspecified atom stereocenters. The number of carbonyl (C=O) groups is 1. The number of benzene rings is 1. The van der Waals surface area contributed by atoms with Crippen LogP contribution in [0.1, 0.15) is 0 Å². The topological polar surface area (TPSA) is 55.8 Å². The number of halogens is 2. The van der Waals surface area contributed by atoms with E-state index < -0.39 is 17.7 Å². The maximum absolute atomic E-state index is 13.4. The van der Waals surface area contributed by atoms with Gasteiger partial charge in [0, 0.05) is 32.7 Å². The first kappa shape index (κ1) is 14.7. The number of aliphatic hydroxyl groups excluding tert-OH is 1. The van der Waals surface area contributed by atoms with Gasteiger partial charge in [-0.05, 0) is 12.1 Å². The first-order valence-corrected chi connectivity index (χ1v) is 6.45. The predicted molar refractivity (Wildman–Crippen MR) is 70.5 cm³/mol. The summed E-state index contributed by atoms with van der Waals surface area (Å²) >= 11 is 0. The molecule has 0 atom stereocenters. The quantitative estimate of drug-likeness (QED) is 0.874. The smallest absolute Gasteiger partial charge is 0.322 e. The van der Waals surface area contributed by atoms with Crippen molar-refractivity contribution in [2.45, 2.75) is 0 Å². The molecule has 0 bridgehead atoms. The van der Waals surface area contributed by atoms with Crippen molar-refractivity contribution in [3.05, 3.63) is 29.8 Å². The number of hydrogen-bond donors (Lipinski definition) is 2. The lowest BCUT2D eigenvalue weighted by Gasteiger charge is -2.34. The van der Waals surface area contributed by atoms with E-state index in [2.05, 4.69) is 5.32 Å². The molecular formula is C13H17F2N3O2. The zero-order valence-corrected chi connectivity index (χ0v) is 11.0. The Hall–Kier alpha value is -1.73. The molecule has 1 aromatic carbocycles. The fourth-order valence-electron chi connectivity index (χ4n) is 2.11. The van der Waals surface area contributed by atoms with E-state index in [9.17, 15) is 13.6 Å². The van der Waals surface area contributed by atoms with Crippen LogP contribution in [0.15, 0.2) is 18.2 Å². The number of aliphatic hydroxyl groups is 1. The van der Waals surface area contributed by atoms with Crippen molar-refractivity contribution >= 4 is 11.7 Å². The third-order valence-corrected chi connectivity index (χ3v) is 3.27. The molecule has 2 N–H and O–H groups in total. The van der Waals surface area contributed by atoms with Crippen LogP contribution in [-0.4, -0.2) is 60.3 Å². The van der Waals surface area contributed by atoms with Gasteiger partial charge in [0.15, 0.2) is 11.6 Å². The fraction of sp³-hybridized carbons (Fsp3) is 0.462. The molecule has 0 spiro atoms. The number of nitrogens with zero attached hydrogens (tertiary/aromatic N) is 2. The average molecular weight is 285 g/mol. The van der Waals surface area contributed by atoms with Crippen LogP contribution in [0.4, 0.5) is 19.3 Å². The number of piperazine rings is 1. The van der Waals surface area contributed by atoms with Crippen molar-refractivity contribution in [2.24, 2.45) is 0 Å². The van der Waals surface area contributed by atoms with Crippen LogP contribution in [-0.2, 0) is 0 Å². The van der Waals surface area contributed by atoms with Crippen LogP contribution in [0, 0.1) is 11.6 Å². The molecule has 0 aromatic heterocycles. The van der Waals surface area contributed by atoms with Gasteiger partial charge < -0.3 is 15.3 Å². The zero-order chi connectivity index (χ0) is 14.5. The first-order chi connectivity index (χ1) is 9.61. The lowest BCUT2D eigenvalue weighted by molar-refractivity contribution is 0.127. The van der Waals surface area contributed by atoms with Crippen LogP contribution in [0.3, 0.4) is 0 Å².